The average Bonchev–Trinajstić information content (AvgIpc) is 2.67. The molecule has 0 bridgehead atoms. The topological polar surface area (TPSA) is 55.2 Å². The van der Waals surface area contributed by atoms with Crippen molar-refractivity contribution in [2.24, 2.45) is 0 Å². The Balaban J connectivity index is 1.64. The maximum Gasteiger partial charge on any atom is 0.135 e. The van der Waals surface area contributed by atoms with E-state index in [-0.39, 0.29) is 0 Å². The van der Waals surface area contributed by atoms with Gasteiger partial charge in [-0.05, 0) is 77.4 Å². The van der Waals surface area contributed by atoms with Gasteiger partial charge in [-0.3, -0.25) is 4.31 Å². The lowest BCUT2D eigenvalue weighted by atomic mass is 9.90. The molecule has 2 aliphatic heterocycles. The lowest BCUT2D eigenvalue weighted by Gasteiger charge is -2.41. The second kappa shape index (κ2) is 9.39. The Labute approximate surface area is 168 Å². The molecule has 3 rings (SSSR count). The van der Waals surface area contributed by atoms with Crippen LogP contribution in [-0.4, -0.2) is 64.9 Å². The number of pyridine rings is 1. The first-order chi connectivity index (χ1) is 13.0. The van der Waals surface area contributed by atoms with Gasteiger partial charge < -0.3 is 15.6 Å². The molecular weight excluding hydrogens is 354 g/mol. The number of anilines is 1. The summed E-state index contributed by atoms with van der Waals surface area (Å²) in [4.78, 5) is 7.66. The summed E-state index contributed by atoms with van der Waals surface area (Å²) in [5, 5.41) is 11.2. The first-order valence-electron chi connectivity index (χ1n) is 10.3. The molecule has 2 aliphatic rings. The largest absolute Gasteiger partial charge is 0.367 e. The number of aryl methyl sites for hydroxylation is 1. The molecule has 2 saturated heterocycles. The molecule has 0 radical (unpaired) electrons. The van der Waals surface area contributed by atoms with Crippen molar-refractivity contribution >= 4 is 24.0 Å². The van der Waals surface area contributed by atoms with E-state index in [9.17, 15) is 0 Å². The van der Waals surface area contributed by atoms with Gasteiger partial charge in [0.15, 0.2) is 0 Å². The fourth-order valence-electron chi connectivity index (χ4n) is 4.43. The molecule has 2 fully saturated rings. The summed E-state index contributed by atoms with van der Waals surface area (Å²) in [6, 6.07) is 3.30. The van der Waals surface area contributed by atoms with Crippen LogP contribution < -0.4 is 5.32 Å². The lowest BCUT2D eigenvalue weighted by molar-refractivity contribution is 0.112. The van der Waals surface area contributed by atoms with Crippen molar-refractivity contribution in [3.05, 3.63) is 22.9 Å². The zero-order valence-electron chi connectivity index (χ0n) is 17.3. The Hall–Kier alpha value is -1.11. The molecule has 5 nitrogen and oxygen atoms in total. The van der Waals surface area contributed by atoms with Crippen LogP contribution in [0.2, 0.25) is 0 Å². The number of hydrogen-bond donors (Lipinski definition) is 2. The minimum atomic E-state index is 0.319. The number of nitrogens with one attached hydrogen (secondary N) is 2. The second-order valence-electron chi connectivity index (χ2n) is 8.22. The smallest absolute Gasteiger partial charge is 0.135 e. The third-order valence-corrected chi connectivity index (χ3v) is 6.88. The van der Waals surface area contributed by atoms with Crippen LogP contribution in [0.25, 0.3) is 0 Å². The van der Waals surface area contributed by atoms with E-state index < -0.39 is 0 Å². The monoisotopic (exact) mass is 389 g/mol. The van der Waals surface area contributed by atoms with E-state index in [1.165, 1.54) is 63.8 Å². The van der Waals surface area contributed by atoms with E-state index in [2.05, 4.69) is 47.6 Å². The fourth-order valence-corrected chi connectivity index (χ4v) is 5.01. The second-order valence-corrected chi connectivity index (χ2v) is 9.10. The number of piperidine rings is 2. The van der Waals surface area contributed by atoms with Gasteiger partial charge in [0, 0.05) is 48.6 Å². The summed E-state index contributed by atoms with van der Waals surface area (Å²) < 4.78 is 2.49. The van der Waals surface area contributed by atoms with Gasteiger partial charge in [0.05, 0.1) is 0 Å². The maximum atomic E-state index is 7.74. The van der Waals surface area contributed by atoms with Gasteiger partial charge in [-0.2, -0.15) is 0 Å². The molecule has 0 atom stereocenters. The highest BCUT2D eigenvalue weighted by molar-refractivity contribution is 7.96. The zero-order chi connectivity index (χ0) is 19.4. The molecular formula is C21H35N5S. The van der Waals surface area contributed by atoms with Gasteiger partial charge in [-0.1, -0.05) is 11.9 Å². The van der Waals surface area contributed by atoms with Gasteiger partial charge in [-0.25, -0.2) is 4.98 Å². The molecule has 2 N–H and O–H groups in total. The van der Waals surface area contributed by atoms with Gasteiger partial charge in [0.1, 0.15) is 5.82 Å². The van der Waals surface area contributed by atoms with Crippen LogP contribution in [0.3, 0.4) is 0 Å². The van der Waals surface area contributed by atoms with Crippen LogP contribution in [0.1, 0.15) is 62.3 Å². The molecule has 1 aromatic rings. The normalized spacial score (nSPS) is 20.9. The molecule has 150 valence electrons. The molecule has 0 amide bonds. The van der Waals surface area contributed by atoms with Crippen LogP contribution in [0.4, 0.5) is 5.82 Å². The summed E-state index contributed by atoms with van der Waals surface area (Å²) in [5.41, 5.74) is 3.29. The van der Waals surface area contributed by atoms with Crippen LogP contribution in [0.5, 0.6) is 0 Å². The first kappa shape index (κ1) is 20.6. The van der Waals surface area contributed by atoms with Gasteiger partial charge in [0.2, 0.25) is 0 Å². The summed E-state index contributed by atoms with van der Waals surface area (Å²) in [6.07, 6.45) is 8.62. The lowest BCUT2D eigenvalue weighted by Crippen LogP contribution is -2.46. The minimum absolute atomic E-state index is 0.319. The molecule has 0 aromatic carbocycles. The number of hydrogen-bond acceptors (Lipinski definition) is 6. The third kappa shape index (κ3) is 5.04. The predicted molar refractivity (Wildman–Crippen MR) is 117 cm³/mol. The molecule has 0 saturated carbocycles. The Morgan fingerprint density at radius 1 is 1.19 bits per heavy atom. The summed E-state index contributed by atoms with van der Waals surface area (Å²) in [5.74, 6) is 1.42. The Morgan fingerprint density at radius 2 is 1.85 bits per heavy atom. The molecule has 0 aliphatic carbocycles. The van der Waals surface area contributed by atoms with Crippen molar-refractivity contribution in [2.75, 3.05) is 37.8 Å². The van der Waals surface area contributed by atoms with Crippen molar-refractivity contribution < 1.29 is 0 Å². The highest BCUT2D eigenvalue weighted by Gasteiger charge is 2.29. The fraction of sp³-hybridized carbons (Fsp3) is 0.714. The van der Waals surface area contributed by atoms with Crippen LogP contribution in [0.15, 0.2) is 6.07 Å². The number of likely N-dealkylation sites (tertiary alicyclic amines) is 1. The van der Waals surface area contributed by atoms with Gasteiger partial charge in [0.25, 0.3) is 0 Å². The molecule has 6 heteroatoms. The highest BCUT2D eigenvalue weighted by atomic mass is 32.2. The number of nitrogens with zero attached hydrogens (tertiary/aromatic N) is 3. The van der Waals surface area contributed by atoms with Crippen LogP contribution in [0, 0.1) is 12.3 Å². The molecule has 0 unspecified atom stereocenters. The predicted octanol–water partition coefficient (Wildman–Crippen LogP) is 4.13. The van der Waals surface area contributed by atoms with Crippen LogP contribution >= 0.6 is 11.9 Å². The van der Waals surface area contributed by atoms with E-state index in [0.29, 0.717) is 12.0 Å². The van der Waals surface area contributed by atoms with Crippen molar-refractivity contribution in [2.45, 2.75) is 64.5 Å². The summed E-state index contributed by atoms with van der Waals surface area (Å²) in [7, 11) is 0. The third-order valence-electron chi connectivity index (χ3n) is 6.00. The van der Waals surface area contributed by atoms with Crippen molar-refractivity contribution in [1.29, 1.82) is 5.41 Å². The molecule has 3 heterocycles. The Bertz CT molecular complexity index is 632. The van der Waals surface area contributed by atoms with E-state index in [1.54, 1.807) is 0 Å². The van der Waals surface area contributed by atoms with E-state index in [1.807, 2.05) is 11.9 Å². The van der Waals surface area contributed by atoms with Crippen molar-refractivity contribution in [3.63, 3.8) is 0 Å². The SMILES string of the molecule is CSN1CCC(N2CCC(c3cc(C)c(C=N)c(NC(C)C)n3)CC2)CC1. The van der Waals surface area contributed by atoms with E-state index in [0.717, 1.165) is 23.0 Å². The maximum absolute atomic E-state index is 7.74. The van der Waals surface area contributed by atoms with Gasteiger partial charge >= 0.3 is 0 Å². The summed E-state index contributed by atoms with van der Waals surface area (Å²) in [6.45, 7) is 11.2. The summed E-state index contributed by atoms with van der Waals surface area (Å²) >= 11 is 1.89. The van der Waals surface area contributed by atoms with Crippen LogP contribution in [-0.2, 0) is 0 Å². The number of aromatic nitrogens is 1. The van der Waals surface area contributed by atoms with Crippen molar-refractivity contribution in [1.82, 2.24) is 14.2 Å². The van der Waals surface area contributed by atoms with Crippen molar-refractivity contribution in [3.8, 4) is 0 Å². The number of rotatable bonds is 6. The van der Waals surface area contributed by atoms with E-state index in [4.69, 9.17) is 10.4 Å². The van der Waals surface area contributed by atoms with Gasteiger partial charge in [-0.15, -0.1) is 0 Å². The highest BCUT2D eigenvalue weighted by Crippen LogP contribution is 2.32. The first-order valence-corrected chi connectivity index (χ1v) is 11.5. The molecule has 0 spiro atoms. The Kier molecular flexibility index (Phi) is 7.17. The molecule has 27 heavy (non-hydrogen) atoms. The van der Waals surface area contributed by atoms with E-state index >= 15 is 0 Å². The zero-order valence-corrected chi connectivity index (χ0v) is 18.1. The Morgan fingerprint density at radius 3 is 2.41 bits per heavy atom. The molecule has 1 aromatic heterocycles. The average molecular weight is 390 g/mol. The minimum Gasteiger partial charge on any atom is -0.367 e. The quantitative estimate of drug-likeness (QED) is 0.566. The standard InChI is InChI=1S/C21H35N5S/c1-15(2)23-21-19(14-22)16(3)13-20(24-21)17-5-9-25(10-6-17)18-7-11-26(27-4)12-8-18/h13-15,17-18,22H,5-12H2,1-4H3,(H,23,24).